The summed E-state index contributed by atoms with van der Waals surface area (Å²) in [4.78, 5) is 0.689. The second-order valence-corrected chi connectivity index (χ2v) is 3.73. The zero-order valence-corrected chi connectivity index (χ0v) is 7.58. The molecule has 0 saturated carbocycles. The molecule has 0 bridgehead atoms. The van der Waals surface area contributed by atoms with Crippen molar-refractivity contribution in [1.29, 1.82) is 0 Å². The third-order valence-corrected chi connectivity index (χ3v) is 2.88. The van der Waals surface area contributed by atoms with Gasteiger partial charge < -0.3 is 5.73 Å². The number of nitrogens with two attached hydrogens (primary N) is 1. The third kappa shape index (κ3) is 1.78. The Morgan fingerprint density at radius 1 is 1.80 bits per heavy atom. The molecule has 0 aliphatic carbocycles. The van der Waals surface area contributed by atoms with Gasteiger partial charge in [-0.1, -0.05) is 0 Å². The molecule has 1 atom stereocenters. The molecule has 1 aromatic heterocycles. The van der Waals surface area contributed by atoms with Gasteiger partial charge in [0.05, 0.1) is 0 Å². The summed E-state index contributed by atoms with van der Waals surface area (Å²) in [6.07, 6.45) is -1.00. The van der Waals surface area contributed by atoms with Gasteiger partial charge in [-0.05, 0) is 22.0 Å². The normalized spacial score (nSPS) is 13.5. The van der Waals surface area contributed by atoms with E-state index in [-0.39, 0.29) is 6.54 Å². The van der Waals surface area contributed by atoms with E-state index in [0.29, 0.717) is 4.88 Å². The lowest BCUT2D eigenvalue weighted by Crippen LogP contribution is -2.05. The first-order chi connectivity index (χ1) is 4.74. The zero-order valence-electron chi connectivity index (χ0n) is 5.18. The topological polar surface area (TPSA) is 26.0 Å². The van der Waals surface area contributed by atoms with Gasteiger partial charge in [-0.2, -0.15) is 0 Å². The van der Waals surface area contributed by atoms with E-state index in [4.69, 9.17) is 5.73 Å². The van der Waals surface area contributed by atoms with Crippen LogP contribution in [0.4, 0.5) is 4.39 Å². The molecule has 0 aliphatic heterocycles. The van der Waals surface area contributed by atoms with Gasteiger partial charge in [-0.15, -0.1) is 11.3 Å². The largest absolute Gasteiger partial charge is 0.327 e. The van der Waals surface area contributed by atoms with Crippen LogP contribution < -0.4 is 5.73 Å². The van der Waals surface area contributed by atoms with Crippen LogP contribution in [0.1, 0.15) is 11.0 Å². The van der Waals surface area contributed by atoms with E-state index in [1.807, 2.05) is 5.38 Å². The highest BCUT2D eigenvalue weighted by molar-refractivity contribution is 9.10. The molecule has 0 fully saturated rings. The predicted molar refractivity (Wildman–Crippen MR) is 44.9 cm³/mol. The summed E-state index contributed by atoms with van der Waals surface area (Å²) in [6, 6.07) is 1.75. The number of hydrogen-bond donors (Lipinski definition) is 1. The number of hydrogen-bond acceptors (Lipinski definition) is 2. The molecule has 56 valence electrons. The van der Waals surface area contributed by atoms with E-state index in [0.717, 1.165) is 4.47 Å². The average Bonchev–Trinajstić information content (AvgIpc) is 2.34. The van der Waals surface area contributed by atoms with Crippen LogP contribution in [0.3, 0.4) is 0 Å². The molecule has 1 heterocycles. The summed E-state index contributed by atoms with van der Waals surface area (Å²) in [5.41, 5.74) is 5.13. The van der Waals surface area contributed by atoms with Gasteiger partial charge in [0.15, 0.2) is 0 Å². The fraction of sp³-hybridized carbons (Fsp3) is 0.333. The summed E-state index contributed by atoms with van der Waals surface area (Å²) in [7, 11) is 0. The van der Waals surface area contributed by atoms with Crippen LogP contribution in [0.15, 0.2) is 15.9 Å². The summed E-state index contributed by atoms with van der Waals surface area (Å²) < 4.78 is 13.7. The van der Waals surface area contributed by atoms with E-state index in [1.165, 1.54) is 11.3 Å². The molecule has 2 N–H and O–H groups in total. The fourth-order valence-electron chi connectivity index (χ4n) is 0.609. The molecule has 0 aromatic carbocycles. The van der Waals surface area contributed by atoms with E-state index in [9.17, 15) is 4.39 Å². The lowest BCUT2D eigenvalue weighted by atomic mass is 10.3. The van der Waals surface area contributed by atoms with Crippen molar-refractivity contribution in [3.8, 4) is 0 Å². The molecule has 1 rings (SSSR count). The van der Waals surface area contributed by atoms with E-state index < -0.39 is 6.17 Å². The van der Waals surface area contributed by atoms with Crippen molar-refractivity contribution in [2.24, 2.45) is 5.73 Å². The molecule has 0 saturated heterocycles. The summed E-state index contributed by atoms with van der Waals surface area (Å²) in [6.45, 7) is 0.0625. The second-order valence-electron chi connectivity index (χ2n) is 1.87. The Kier molecular flexibility index (Phi) is 2.82. The lowest BCUT2D eigenvalue weighted by molar-refractivity contribution is 0.358. The molecule has 1 aromatic rings. The van der Waals surface area contributed by atoms with Gasteiger partial charge in [-0.3, -0.25) is 0 Å². The molecule has 4 heteroatoms. The van der Waals surface area contributed by atoms with Crippen molar-refractivity contribution in [1.82, 2.24) is 0 Å². The molecule has 10 heavy (non-hydrogen) atoms. The van der Waals surface area contributed by atoms with Crippen molar-refractivity contribution < 1.29 is 4.39 Å². The van der Waals surface area contributed by atoms with Crippen molar-refractivity contribution in [3.05, 3.63) is 20.8 Å². The number of alkyl halides is 1. The van der Waals surface area contributed by atoms with Crippen LogP contribution in [0.2, 0.25) is 0 Å². The van der Waals surface area contributed by atoms with Crippen LogP contribution >= 0.6 is 27.3 Å². The first-order valence-electron chi connectivity index (χ1n) is 2.82. The Hall–Kier alpha value is 0.0700. The quantitative estimate of drug-likeness (QED) is 0.820. The van der Waals surface area contributed by atoms with Gasteiger partial charge in [-0.25, -0.2) is 4.39 Å². The maximum atomic E-state index is 12.7. The van der Waals surface area contributed by atoms with Gasteiger partial charge in [0.1, 0.15) is 6.17 Å². The van der Waals surface area contributed by atoms with Crippen LogP contribution in [0.25, 0.3) is 0 Å². The Morgan fingerprint density at radius 3 is 2.90 bits per heavy atom. The minimum absolute atomic E-state index is 0.0625. The average molecular weight is 224 g/mol. The predicted octanol–water partition coefficient (Wildman–Crippen LogP) is 2.48. The van der Waals surface area contributed by atoms with E-state index in [1.54, 1.807) is 6.07 Å². The van der Waals surface area contributed by atoms with Crippen LogP contribution in [-0.2, 0) is 0 Å². The van der Waals surface area contributed by atoms with Gasteiger partial charge in [0.2, 0.25) is 0 Å². The Labute approximate surface area is 71.2 Å². The molecule has 1 nitrogen and oxygen atoms in total. The van der Waals surface area contributed by atoms with Crippen LogP contribution in [0, 0.1) is 0 Å². The van der Waals surface area contributed by atoms with Gasteiger partial charge in [0, 0.05) is 21.3 Å². The highest BCUT2D eigenvalue weighted by Crippen LogP contribution is 2.26. The summed E-state index contributed by atoms with van der Waals surface area (Å²) in [5, 5.41) is 1.84. The van der Waals surface area contributed by atoms with Crippen LogP contribution in [-0.4, -0.2) is 6.54 Å². The van der Waals surface area contributed by atoms with Gasteiger partial charge >= 0.3 is 0 Å². The van der Waals surface area contributed by atoms with Crippen molar-refractivity contribution in [2.75, 3.05) is 6.54 Å². The Morgan fingerprint density at radius 2 is 2.50 bits per heavy atom. The number of halogens is 2. The molecule has 0 radical (unpaired) electrons. The SMILES string of the molecule is NCC(F)c1cc(Br)cs1. The molecule has 0 amide bonds. The monoisotopic (exact) mass is 223 g/mol. The number of thiophene rings is 1. The fourth-order valence-corrected chi connectivity index (χ4v) is 2.04. The zero-order chi connectivity index (χ0) is 7.56. The van der Waals surface area contributed by atoms with E-state index >= 15 is 0 Å². The molecule has 0 aliphatic rings. The highest BCUT2D eigenvalue weighted by atomic mass is 79.9. The maximum absolute atomic E-state index is 12.7. The molecule has 0 spiro atoms. The van der Waals surface area contributed by atoms with Crippen molar-refractivity contribution >= 4 is 27.3 Å². The van der Waals surface area contributed by atoms with Gasteiger partial charge in [0.25, 0.3) is 0 Å². The Bertz CT molecular complexity index is 213. The highest BCUT2D eigenvalue weighted by Gasteiger charge is 2.08. The smallest absolute Gasteiger partial charge is 0.146 e. The lowest BCUT2D eigenvalue weighted by Gasteiger charge is -1.98. The first-order valence-corrected chi connectivity index (χ1v) is 4.49. The summed E-state index contributed by atoms with van der Waals surface area (Å²) in [5.74, 6) is 0. The van der Waals surface area contributed by atoms with E-state index in [2.05, 4.69) is 15.9 Å². The first kappa shape index (κ1) is 8.17. The number of rotatable bonds is 2. The molecule has 1 unspecified atom stereocenters. The Balaban J connectivity index is 2.74. The minimum atomic E-state index is -1.00. The van der Waals surface area contributed by atoms with Crippen molar-refractivity contribution in [3.63, 3.8) is 0 Å². The van der Waals surface area contributed by atoms with Crippen molar-refractivity contribution in [2.45, 2.75) is 6.17 Å². The molecular formula is C6H7BrFNS. The summed E-state index contributed by atoms with van der Waals surface area (Å²) >= 11 is 4.61. The maximum Gasteiger partial charge on any atom is 0.146 e. The third-order valence-electron chi connectivity index (χ3n) is 1.10. The second kappa shape index (κ2) is 3.46. The standard InChI is InChI=1S/C6H7BrFNS/c7-4-1-6(10-3-4)5(8)2-9/h1,3,5H,2,9H2. The molecular weight excluding hydrogens is 217 g/mol. The minimum Gasteiger partial charge on any atom is -0.327 e. The van der Waals surface area contributed by atoms with Crippen LogP contribution in [0.5, 0.6) is 0 Å².